The Bertz CT molecular complexity index is 897. The third-order valence-electron chi connectivity index (χ3n) is 4.53. The highest BCUT2D eigenvalue weighted by molar-refractivity contribution is 5.85. The minimum atomic E-state index is -0.193. The lowest BCUT2D eigenvalue weighted by atomic mass is 10.0. The summed E-state index contributed by atoms with van der Waals surface area (Å²) >= 11 is 0. The van der Waals surface area contributed by atoms with Gasteiger partial charge in [-0.1, -0.05) is 48.5 Å². The van der Waals surface area contributed by atoms with Crippen LogP contribution in [0, 0.1) is 0 Å². The van der Waals surface area contributed by atoms with Crippen LogP contribution in [0.4, 0.5) is 0 Å². The number of fused-ring (bicyclic) bond motifs is 1. The van der Waals surface area contributed by atoms with Crippen molar-refractivity contribution in [1.82, 2.24) is 15.5 Å². The molecule has 28 heavy (non-hydrogen) atoms. The highest BCUT2D eigenvalue weighted by atomic mass is 35.5. The number of carbonyl (C=O) groups is 1. The van der Waals surface area contributed by atoms with Crippen LogP contribution in [0.5, 0.6) is 0 Å². The summed E-state index contributed by atoms with van der Waals surface area (Å²) in [4.78, 5) is 16.6. The van der Waals surface area contributed by atoms with Crippen molar-refractivity contribution in [3.8, 4) is 0 Å². The summed E-state index contributed by atoms with van der Waals surface area (Å²) in [6.07, 6.45) is 3.46. The second-order valence-corrected chi connectivity index (χ2v) is 6.67. The zero-order valence-corrected chi connectivity index (χ0v) is 16.9. The lowest BCUT2D eigenvalue weighted by Gasteiger charge is -2.18. The van der Waals surface area contributed by atoms with Crippen LogP contribution in [-0.2, 0) is 17.6 Å². The highest BCUT2D eigenvalue weighted by Gasteiger charge is 2.14. The van der Waals surface area contributed by atoms with Crippen LogP contribution in [0.15, 0.2) is 47.0 Å². The number of nitrogens with zero attached hydrogens (tertiary/aromatic N) is 2. The van der Waals surface area contributed by atoms with E-state index in [9.17, 15) is 4.79 Å². The summed E-state index contributed by atoms with van der Waals surface area (Å²) in [6, 6.07) is 14.1. The van der Waals surface area contributed by atoms with Gasteiger partial charge in [-0.15, -0.1) is 12.4 Å². The van der Waals surface area contributed by atoms with Crippen LogP contribution in [0.25, 0.3) is 10.8 Å². The Balaban J connectivity index is 0.00000280. The van der Waals surface area contributed by atoms with E-state index in [0.29, 0.717) is 31.7 Å². The molecule has 0 spiro atoms. The van der Waals surface area contributed by atoms with Gasteiger partial charge in [-0.2, -0.15) is 4.98 Å². The Morgan fingerprint density at radius 3 is 2.71 bits per heavy atom. The smallest absolute Gasteiger partial charge is 0.226 e. The van der Waals surface area contributed by atoms with E-state index in [1.807, 2.05) is 18.2 Å². The molecule has 0 radical (unpaired) electrons. The Hall–Kier alpha value is -2.44. The fourth-order valence-electron chi connectivity index (χ4n) is 3.09. The van der Waals surface area contributed by atoms with Gasteiger partial charge in [0.05, 0.1) is 6.04 Å². The molecule has 3 rings (SSSR count). The Labute approximate surface area is 171 Å². The first-order chi connectivity index (χ1) is 13.2. The third kappa shape index (κ3) is 5.78. The number of nitrogens with two attached hydrogens (primary N) is 1. The van der Waals surface area contributed by atoms with E-state index < -0.39 is 0 Å². The van der Waals surface area contributed by atoms with E-state index in [2.05, 4.69) is 46.6 Å². The minimum Gasteiger partial charge on any atom is -0.348 e. The largest absolute Gasteiger partial charge is 0.348 e. The first-order valence-electron chi connectivity index (χ1n) is 9.49. The number of amides is 1. The molecule has 0 aliphatic carbocycles. The zero-order valence-electron chi connectivity index (χ0n) is 16.1. The van der Waals surface area contributed by atoms with Gasteiger partial charge in [-0.25, -0.2) is 0 Å². The van der Waals surface area contributed by atoms with Crippen LogP contribution < -0.4 is 11.1 Å². The average molecular weight is 403 g/mol. The first kappa shape index (κ1) is 21.9. The van der Waals surface area contributed by atoms with Crippen molar-refractivity contribution in [2.45, 2.75) is 45.1 Å². The summed E-state index contributed by atoms with van der Waals surface area (Å²) in [5.74, 6) is 1.31. The Kier molecular flexibility index (Phi) is 8.42. The lowest BCUT2D eigenvalue weighted by molar-refractivity contribution is -0.121. The van der Waals surface area contributed by atoms with Gasteiger partial charge >= 0.3 is 0 Å². The maximum atomic E-state index is 12.3. The van der Waals surface area contributed by atoms with Crippen molar-refractivity contribution >= 4 is 29.1 Å². The fourth-order valence-corrected chi connectivity index (χ4v) is 3.09. The monoisotopic (exact) mass is 402 g/mol. The van der Waals surface area contributed by atoms with Crippen molar-refractivity contribution in [2.24, 2.45) is 5.73 Å². The zero-order chi connectivity index (χ0) is 19.1. The summed E-state index contributed by atoms with van der Waals surface area (Å²) in [6.45, 7) is 2.43. The summed E-state index contributed by atoms with van der Waals surface area (Å²) in [5, 5.41) is 9.27. The van der Waals surface area contributed by atoms with Crippen LogP contribution in [-0.4, -0.2) is 22.6 Å². The van der Waals surface area contributed by atoms with E-state index in [1.54, 1.807) is 0 Å². The predicted octanol–water partition coefficient (Wildman–Crippen LogP) is 3.74. The standard InChI is InChI=1S/C21H26N4O2.ClH/c1-2-6-19-24-21(27-25-19)10-5-9-20(26)23-18(14-22)17-12-11-15-7-3-4-8-16(15)13-17;/h3-4,7-8,11-13,18H,2,5-6,9-10,14,22H2,1H3,(H,23,26);1H. The molecule has 0 saturated heterocycles. The van der Waals surface area contributed by atoms with Gasteiger partial charge in [0.2, 0.25) is 11.8 Å². The molecular formula is C21H27ClN4O2. The van der Waals surface area contributed by atoms with Gasteiger partial charge in [0.1, 0.15) is 0 Å². The molecule has 0 bridgehead atoms. The van der Waals surface area contributed by atoms with E-state index in [-0.39, 0.29) is 24.4 Å². The number of aromatic nitrogens is 2. The Morgan fingerprint density at radius 1 is 1.18 bits per heavy atom. The highest BCUT2D eigenvalue weighted by Crippen LogP contribution is 2.20. The van der Waals surface area contributed by atoms with Crippen LogP contribution in [0.1, 0.15) is 49.5 Å². The van der Waals surface area contributed by atoms with Crippen molar-refractivity contribution < 1.29 is 9.32 Å². The number of carbonyl (C=O) groups excluding carboxylic acids is 1. The molecule has 3 aromatic rings. The SMILES string of the molecule is CCCc1noc(CCCC(=O)NC(CN)c2ccc3ccccc3c2)n1.Cl. The van der Waals surface area contributed by atoms with Gasteiger partial charge in [0, 0.05) is 25.8 Å². The molecule has 0 aliphatic heterocycles. The van der Waals surface area contributed by atoms with Crippen molar-refractivity contribution in [3.05, 3.63) is 59.7 Å². The summed E-state index contributed by atoms with van der Waals surface area (Å²) < 4.78 is 5.20. The number of nitrogens with one attached hydrogen (secondary N) is 1. The maximum absolute atomic E-state index is 12.3. The summed E-state index contributed by atoms with van der Waals surface area (Å²) in [7, 11) is 0. The molecular weight excluding hydrogens is 376 g/mol. The van der Waals surface area contributed by atoms with Crippen molar-refractivity contribution in [1.29, 1.82) is 0 Å². The van der Waals surface area contributed by atoms with E-state index in [4.69, 9.17) is 10.3 Å². The van der Waals surface area contributed by atoms with Crippen LogP contribution >= 0.6 is 12.4 Å². The molecule has 0 aliphatic rings. The van der Waals surface area contributed by atoms with Crippen LogP contribution in [0.2, 0.25) is 0 Å². The molecule has 0 saturated carbocycles. The van der Waals surface area contributed by atoms with Crippen LogP contribution in [0.3, 0.4) is 0 Å². The molecule has 1 amide bonds. The number of rotatable bonds is 9. The fraction of sp³-hybridized carbons (Fsp3) is 0.381. The normalized spacial score (nSPS) is 11.8. The topological polar surface area (TPSA) is 94.0 Å². The molecule has 3 N–H and O–H groups in total. The summed E-state index contributed by atoms with van der Waals surface area (Å²) in [5.41, 5.74) is 6.92. The number of hydrogen-bond donors (Lipinski definition) is 2. The Morgan fingerprint density at radius 2 is 1.96 bits per heavy atom. The average Bonchev–Trinajstić information content (AvgIpc) is 3.13. The molecule has 150 valence electrons. The number of aryl methyl sites for hydroxylation is 2. The molecule has 7 heteroatoms. The van der Waals surface area contributed by atoms with Crippen molar-refractivity contribution in [3.63, 3.8) is 0 Å². The first-order valence-corrected chi connectivity index (χ1v) is 9.49. The third-order valence-corrected chi connectivity index (χ3v) is 4.53. The second kappa shape index (κ2) is 10.8. The maximum Gasteiger partial charge on any atom is 0.226 e. The molecule has 6 nitrogen and oxygen atoms in total. The number of halogens is 1. The number of hydrogen-bond acceptors (Lipinski definition) is 5. The van der Waals surface area contributed by atoms with E-state index >= 15 is 0 Å². The van der Waals surface area contributed by atoms with Gasteiger partial charge in [0.15, 0.2) is 5.82 Å². The molecule has 2 aromatic carbocycles. The number of benzene rings is 2. The molecule has 1 atom stereocenters. The van der Waals surface area contributed by atoms with E-state index in [1.165, 1.54) is 5.39 Å². The molecule has 0 fully saturated rings. The minimum absolute atomic E-state index is 0. The van der Waals surface area contributed by atoms with Gasteiger partial charge in [-0.05, 0) is 35.2 Å². The van der Waals surface area contributed by atoms with Gasteiger partial charge < -0.3 is 15.6 Å². The van der Waals surface area contributed by atoms with E-state index in [0.717, 1.165) is 29.6 Å². The van der Waals surface area contributed by atoms with Gasteiger partial charge in [-0.3, -0.25) is 4.79 Å². The lowest BCUT2D eigenvalue weighted by Crippen LogP contribution is -2.33. The predicted molar refractivity (Wildman–Crippen MR) is 112 cm³/mol. The van der Waals surface area contributed by atoms with Crippen molar-refractivity contribution in [2.75, 3.05) is 6.54 Å². The second-order valence-electron chi connectivity index (χ2n) is 6.67. The quantitative estimate of drug-likeness (QED) is 0.568. The molecule has 1 aromatic heterocycles. The molecule has 1 heterocycles. The molecule has 1 unspecified atom stereocenters. The van der Waals surface area contributed by atoms with Gasteiger partial charge in [0.25, 0.3) is 0 Å².